The van der Waals surface area contributed by atoms with E-state index in [1.807, 2.05) is 55.5 Å². The number of amides is 1. The number of nitrogens with zero attached hydrogens (tertiary/aromatic N) is 1. The third-order valence-corrected chi connectivity index (χ3v) is 3.48. The molecule has 0 saturated heterocycles. The molecule has 3 rings (SSSR count). The van der Waals surface area contributed by atoms with Gasteiger partial charge in [-0.3, -0.25) is 4.79 Å². The van der Waals surface area contributed by atoms with Crippen LogP contribution in [0.25, 0.3) is 0 Å². The van der Waals surface area contributed by atoms with Crippen molar-refractivity contribution in [2.45, 2.75) is 13.5 Å². The Bertz CT molecular complexity index is 852. The normalized spacial score (nSPS) is 10.8. The first-order chi connectivity index (χ1) is 12.2. The lowest BCUT2D eigenvalue weighted by Crippen LogP contribution is -2.17. The predicted octanol–water partition coefficient (Wildman–Crippen LogP) is 3.93. The smallest absolute Gasteiger partial charge is 0.271 e. The first-order valence-corrected chi connectivity index (χ1v) is 7.87. The van der Waals surface area contributed by atoms with Gasteiger partial charge in [0.1, 0.15) is 23.9 Å². The lowest BCUT2D eigenvalue weighted by molar-refractivity contribution is 0.0955. The Hall–Kier alpha value is -3.34. The number of carbonyl (C=O) groups is 1. The number of carbonyl (C=O) groups excluding carboxylic acids is 1. The fourth-order valence-corrected chi connectivity index (χ4v) is 2.18. The Morgan fingerprint density at radius 2 is 1.84 bits per heavy atom. The van der Waals surface area contributed by atoms with Crippen LogP contribution in [0.1, 0.15) is 27.4 Å². The van der Waals surface area contributed by atoms with E-state index in [9.17, 15) is 4.79 Å². The summed E-state index contributed by atoms with van der Waals surface area (Å²) in [5, 5.41) is 3.89. The molecule has 2 aromatic carbocycles. The van der Waals surface area contributed by atoms with Crippen molar-refractivity contribution >= 4 is 12.1 Å². The summed E-state index contributed by atoms with van der Waals surface area (Å²) in [6.45, 7) is 2.29. The first-order valence-electron chi connectivity index (χ1n) is 7.87. The maximum Gasteiger partial charge on any atom is 0.271 e. The average Bonchev–Trinajstić information content (AvgIpc) is 3.06. The van der Waals surface area contributed by atoms with E-state index >= 15 is 0 Å². The number of ether oxygens (including phenoxy) is 1. The van der Waals surface area contributed by atoms with Crippen LogP contribution in [0, 0.1) is 6.92 Å². The second-order valence-corrected chi connectivity index (χ2v) is 5.45. The highest BCUT2D eigenvalue weighted by Gasteiger charge is 2.04. The molecular weight excluding hydrogens is 316 g/mol. The van der Waals surface area contributed by atoms with E-state index in [0.29, 0.717) is 17.9 Å². The molecular formula is C20H18N2O3. The summed E-state index contributed by atoms with van der Waals surface area (Å²) in [5.74, 6) is 1.91. The van der Waals surface area contributed by atoms with Crippen LogP contribution in [-0.2, 0) is 6.61 Å². The predicted molar refractivity (Wildman–Crippen MR) is 95.7 cm³/mol. The van der Waals surface area contributed by atoms with Gasteiger partial charge in [0.2, 0.25) is 0 Å². The van der Waals surface area contributed by atoms with Gasteiger partial charge in [0.15, 0.2) is 0 Å². The number of furan rings is 1. The average molecular weight is 334 g/mol. The molecule has 0 saturated carbocycles. The second-order valence-electron chi connectivity index (χ2n) is 5.45. The van der Waals surface area contributed by atoms with Gasteiger partial charge in [-0.25, -0.2) is 5.43 Å². The minimum atomic E-state index is -0.282. The molecule has 0 aliphatic heterocycles. The van der Waals surface area contributed by atoms with Gasteiger partial charge in [0, 0.05) is 5.56 Å². The van der Waals surface area contributed by atoms with E-state index in [1.165, 1.54) is 6.21 Å². The van der Waals surface area contributed by atoms with Crippen molar-refractivity contribution < 1.29 is 13.9 Å². The molecule has 0 aliphatic carbocycles. The first kappa shape index (κ1) is 16.5. The fraction of sp³-hybridized carbons (Fsp3) is 0.100. The Labute approximate surface area is 145 Å². The number of hydrogen-bond donors (Lipinski definition) is 1. The Balaban J connectivity index is 1.52. The van der Waals surface area contributed by atoms with Crippen molar-refractivity contribution in [2.24, 2.45) is 5.10 Å². The summed E-state index contributed by atoms with van der Waals surface area (Å²) >= 11 is 0. The molecule has 5 nitrogen and oxygen atoms in total. The monoisotopic (exact) mass is 334 g/mol. The third-order valence-electron chi connectivity index (χ3n) is 3.48. The number of aryl methyl sites for hydroxylation is 1. The number of benzene rings is 2. The summed E-state index contributed by atoms with van der Waals surface area (Å²) in [5.41, 5.74) is 3.98. The van der Waals surface area contributed by atoms with Gasteiger partial charge in [-0.1, -0.05) is 30.3 Å². The second kappa shape index (κ2) is 7.97. The molecule has 0 fully saturated rings. The van der Waals surface area contributed by atoms with Crippen LogP contribution in [0.4, 0.5) is 0 Å². The lowest BCUT2D eigenvalue weighted by Gasteiger charge is -2.06. The van der Waals surface area contributed by atoms with Crippen LogP contribution in [0.5, 0.6) is 5.75 Å². The number of para-hydroxylation sites is 1. The summed E-state index contributed by atoms with van der Waals surface area (Å²) in [6.07, 6.45) is 1.47. The summed E-state index contributed by atoms with van der Waals surface area (Å²) < 4.78 is 11.0. The van der Waals surface area contributed by atoms with Crippen LogP contribution in [-0.4, -0.2) is 12.1 Å². The molecule has 0 bridgehead atoms. The standard InChI is InChI=1S/C20H18N2O3/c1-15-7-12-19(25-15)13-21-22-20(23)17-10-8-16(9-11-17)14-24-18-5-3-2-4-6-18/h2-13H,14H2,1H3,(H,22,23)/b21-13-. The highest BCUT2D eigenvalue weighted by Crippen LogP contribution is 2.12. The molecule has 126 valence electrons. The Morgan fingerprint density at radius 1 is 1.08 bits per heavy atom. The van der Waals surface area contributed by atoms with Crippen LogP contribution in [0.3, 0.4) is 0 Å². The Morgan fingerprint density at radius 3 is 2.52 bits per heavy atom. The molecule has 1 aromatic heterocycles. The van der Waals surface area contributed by atoms with Gasteiger partial charge in [-0.2, -0.15) is 5.10 Å². The zero-order valence-corrected chi connectivity index (χ0v) is 13.8. The van der Waals surface area contributed by atoms with E-state index < -0.39 is 0 Å². The zero-order chi connectivity index (χ0) is 17.5. The van der Waals surface area contributed by atoms with E-state index in [0.717, 1.165) is 17.1 Å². The highest BCUT2D eigenvalue weighted by molar-refractivity contribution is 5.94. The fourth-order valence-electron chi connectivity index (χ4n) is 2.18. The number of hydrogen-bond acceptors (Lipinski definition) is 4. The molecule has 0 radical (unpaired) electrons. The van der Waals surface area contributed by atoms with Gasteiger partial charge >= 0.3 is 0 Å². The van der Waals surface area contributed by atoms with Crippen molar-refractivity contribution in [3.8, 4) is 5.75 Å². The zero-order valence-electron chi connectivity index (χ0n) is 13.8. The van der Waals surface area contributed by atoms with Gasteiger partial charge in [0.05, 0.1) is 6.21 Å². The van der Waals surface area contributed by atoms with Gasteiger partial charge in [0.25, 0.3) is 5.91 Å². The van der Waals surface area contributed by atoms with E-state index in [4.69, 9.17) is 9.15 Å². The highest BCUT2D eigenvalue weighted by atomic mass is 16.5. The molecule has 0 atom stereocenters. The maximum atomic E-state index is 12.0. The molecule has 1 amide bonds. The molecule has 25 heavy (non-hydrogen) atoms. The summed E-state index contributed by atoms with van der Waals surface area (Å²) in [7, 11) is 0. The van der Waals surface area contributed by atoms with E-state index in [1.54, 1.807) is 18.2 Å². The lowest BCUT2D eigenvalue weighted by atomic mass is 10.1. The van der Waals surface area contributed by atoms with Crippen LogP contribution < -0.4 is 10.2 Å². The van der Waals surface area contributed by atoms with E-state index in [-0.39, 0.29) is 5.91 Å². The topological polar surface area (TPSA) is 63.8 Å². The van der Waals surface area contributed by atoms with Crippen molar-refractivity contribution in [2.75, 3.05) is 0 Å². The molecule has 1 N–H and O–H groups in total. The number of rotatable bonds is 6. The van der Waals surface area contributed by atoms with E-state index in [2.05, 4.69) is 10.5 Å². The van der Waals surface area contributed by atoms with Crippen molar-refractivity contribution in [3.63, 3.8) is 0 Å². The minimum Gasteiger partial charge on any atom is -0.489 e. The van der Waals surface area contributed by atoms with Gasteiger partial charge in [-0.05, 0) is 48.9 Å². The summed E-state index contributed by atoms with van der Waals surface area (Å²) in [4.78, 5) is 12.0. The number of nitrogens with one attached hydrogen (secondary N) is 1. The SMILES string of the molecule is Cc1ccc(/C=N\NC(=O)c2ccc(COc3ccccc3)cc2)o1. The van der Waals surface area contributed by atoms with Gasteiger partial charge in [-0.15, -0.1) is 0 Å². The van der Waals surface area contributed by atoms with Crippen LogP contribution in [0.2, 0.25) is 0 Å². The minimum absolute atomic E-state index is 0.282. The summed E-state index contributed by atoms with van der Waals surface area (Å²) in [6, 6.07) is 20.4. The number of hydrazone groups is 1. The van der Waals surface area contributed by atoms with Crippen LogP contribution >= 0.6 is 0 Å². The largest absolute Gasteiger partial charge is 0.489 e. The Kier molecular flexibility index (Phi) is 5.26. The third kappa shape index (κ3) is 4.81. The maximum absolute atomic E-state index is 12.0. The molecule has 0 unspecified atom stereocenters. The van der Waals surface area contributed by atoms with Crippen molar-refractivity contribution in [1.82, 2.24) is 5.43 Å². The van der Waals surface area contributed by atoms with Gasteiger partial charge < -0.3 is 9.15 Å². The molecule has 0 aliphatic rings. The molecule has 0 spiro atoms. The molecule has 1 heterocycles. The molecule has 5 heteroatoms. The van der Waals surface area contributed by atoms with Crippen molar-refractivity contribution in [1.29, 1.82) is 0 Å². The molecule has 3 aromatic rings. The quantitative estimate of drug-likeness (QED) is 0.549. The van der Waals surface area contributed by atoms with Crippen LogP contribution in [0.15, 0.2) is 76.2 Å². The van der Waals surface area contributed by atoms with Crippen molar-refractivity contribution in [3.05, 3.63) is 89.4 Å².